The van der Waals surface area contributed by atoms with Gasteiger partial charge in [-0.05, 0) is 18.2 Å². The predicted molar refractivity (Wildman–Crippen MR) is 72.6 cm³/mol. The molecular formula is C15H10F2N2O. The minimum Gasteiger partial charge on any atom is -0.457 e. The molecule has 0 atom stereocenters. The van der Waals surface area contributed by atoms with Crippen LogP contribution >= 0.6 is 0 Å². The lowest BCUT2D eigenvalue weighted by Gasteiger charge is -2.10. The Bertz CT molecular complexity index is 770. The Morgan fingerprint density at radius 1 is 0.950 bits per heavy atom. The quantitative estimate of drug-likeness (QED) is 0.720. The molecule has 0 fully saturated rings. The lowest BCUT2D eigenvalue weighted by atomic mass is 10.1. The van der Waals surface area contributed by atoms with E-state index in [-0.39, 0.29) is 5.75 Å². The summed E-state index contributed by atoms with van der Waals surface area (Å²) < 4.78 is 31.9. The van der Waals surface area contributed by atoms with Crippen molar-refractivity contribution in [2.45, 2.75) is 0 Å². The summed E-state index contributed by atoms with van der Waals surface area (Å²) in [5.74, 6) is -0.838. The van der Waals surface area contributed by atoms with Gasteiger partial charge in [0.2, 0.25) is 0 Å². The third kappa shape index (κ3) is 2.25. The number of fused-ring (bicyclic) bond motifs is 1. The van der Waals surface area contributed by atoms with Gasteiger partial charge in [0.25, 0.3) is 0 Å². The molecule has 1 aromatic heterocycles. The summed E-state index contributed by atoms with van der Waals surface area (Å²) >= 11 is 0. The van der Waals surface area contributed by atoms with Gasteiger partial charge in [-0.25, -0.2) is 8.78 Å². The van der Waals surface area contributed by atoms with E-state index in [9.17, 15) is 8.78 Å². The number of benzene rings is 2. The number of nitrogens with zero attached hydrogens (tertiary/aromatic N) is 1. The Labute approximate surface area is 113 Å². The summed E-state index contributed by atoms with van der Waals surface area (Å²) in [6.45, 7) is 0. The highest BCUT2D eigenvalue weighted by Crippen LogP contribution is 2.33. The maximum Gasteiger partial charge on any atom is 0.135 e. The van der Waals surface area contributed by atoms with Crippen LogP contribution in [0.3, 0.4) is 0 Å². The number of pyridine rings is 1. The number of ether oxygens (including phenoxy) is 1. The molecule has 1 heterocycles. The van der Waals surface area contributed by atoms with Crippen LogP contribution in [0.5, 0.6) is 11.5 Å². The lowest BCUT2D eigenvalue weighted by Crippen LogP contribution is -1.92. The van der Waals surface area contributed by atoms with E-state index in [1.807, 2.05) is 0 Å². The van der Waals surface area contributed by atoms with Crippen LogP contribution in [-0.4, -0.2) is 4.98 Å². The maximum atomic E-state index is 13.2. The molecule has 0 saturated carbocycles. The van der Waals surface area contributed by atoms with Gasteiger partial charge in [-0.1, -0.05) is 0 Å². The van der Waals surface area contributed by atoms with E-state index in [2.05, 4.69) is 4.98 Å². The van der Waals surface area contributed by atoms with Crippen LogP contribution in [0.15, 0.2) is 48.8 Å². The van der Waals surface area contributed by atoms with Crippen LogP contribution in [0, 0.1) is 11.6 Å². The Kier molecular flexibility index (Phi) is 2.95. The molecule has 3 nitrogen and oxygen atoms in total. The number of hydrogen-bond donors (Lipinski definition) is 1. The molecule has 0 amide bonds. The number of anilines is 1. The molecule has 0 bridgehead atoms. The van der Waals surface area contributed by atoms with Gasteiger partial charge in [-0.2, -0.15) is 0 Å². The number of halogens is 2. The number of rotatable bonds is 2. The third-order valence-corrected chi connectivity index (χ3v) is 2.88. The summed E-state index contributed by atoms with van der Waals surface area (Å²) in [4.78, 5) is 3.99. The molecule has 3 rings (SSSR count). The van der Waals surface area contributed by atoms with Gasteiger partial charge in [0.1, 0.15) is 23.1 Å². The van der Waals surface area contributed by atoms with Crippen molar-refractivity contribution in [3.05, 3.63) is 60.4 Å². The number of aromatic nitrogens is 1. The Morgan fingerprint density at radius 2 is 1.70 bits per heavy atom. The van der Waals surface area contributed by atoms with Crippen molar-refractivity contribution in [1.29, 1.82) is 0 Å². The molecule has 0 spiro atoms. The minimum atomic E-state index is -0.693. The van der Waals surface area contributed by atoms with Crippen LogP contribution in [0.2, 0.25) is 0 Å². The van der Waals surface area contributed by atoms with Crippen LogP contribution in [0.1, 0.15) is 0 Å². The van der Waals surface area contributed by atoms with E-state index in [0.717, 1.165) is 29.0 Å². The Morgan fingerprint density at radius 3 is 2.45 bits per heavy atom. The monoisotopic (exact) mass is 272 g/mol. The highest BCUT2D eigenvalue weighted by Gasteiger charge is 2.08. The highest BCUT2D eigenvalue weighted by molar-refractivity contribution is 5.96. The topological polar surface area (TPSA) is 48.1 Å². The van der Waals surface area contributed by atoms with Gasteiger partial charge in [0.05, 0.1) is 0 Å². The number of hydrogen-bond acceptors (Lipinski definition) is 3. The largest absolute Gasteiger partial charge is 0.457 e. The van der Waals surface area contributed by atoms with E-state index < -0.39 is 11.6 Å². The zero-order valence-corrected chi connectivity index (χ0v) is 10.3. The first-order valence-electron chi connectivity index (χ1n) is 5.89. The van der Waals surface area contributed by atoms with E-state index in [4.69, 9.17) is 10.5 Å². The molecule has 20 heavy (non-hydrogen) atoms. The maximum absolute atomic E-state index is 13.2. The fourth-order valence-electron chi connectivity index (χ4n) is 1.99. The van der Waals surface area contributed by atoms with E-state index in [0.29, 0.717) is 11.4 Å². The summed E-state index contributed by atoms with van der Waals surface area (Å²) in [5, 5.41) is 1.45. The van der Waals surface area contributed by atoms with Crippen molar-refractivity contribution in [2.75, 3.05) is 5.73 Å². The van der Waals surface area contributed by atoms with Gasteiger partial charge < -0.3 is 10.5 Å². The fourth-order valence-corrected chi connectivity index (χ4v) is 1.99. The van der Waals surface area contributed by atoms with E-state index in [1.165, 1.54) is 0 Å². The molecule has 2 aromatic carbocycles. The molecule has 0 aliphatic heterocycles. The van der Waals surface area contributed by atoms with Gasteiger partial charge in [0.15, 0.2) is 0 Å². The first-order chi connectivity index (χ1) is 9.63. The average molecular weight is 272 g/mol. The SMILES string of the molecule is Nc1ccc(Oc2cc(F)cc(F)c2)c2ccncc12. The molecular weight excluding hydrogens is 262 g/mol. The Hall–Kier alpha value is -2.69. The zero-order chi connectivity index (χ0) is 14.1. The molecule has 0 aliphatic rings. The van der Waals surface area contributed by atoms with Gasteiger partial charge in [0, 0.05) is 47.1 Å². The first kappa shape index (κ1) is 12.3. The van der Waals surface area contributed by atoms with Crippen molar-refractivity contribution in [2.24, 2.45) is 0 Å². The van der Waals surface area contributed by atoms with Gasteiger partial charge in [-0.3, -0.25) is 4.98 Å². The molecule has 2 N–H and O–H groups in total. The summed E-state index contributed by atoms with van der Waals surface area (Å²) in [5.41, 5.74) is 6.41. The van der Waals surface area contributed by atoms with Crippen molar-refractivity contribution in [3.63, 3.8) is 0 Å². The molecule has 0 radical (unpaired) electrons. The van der Waals surface area contributed by atoms with Crippen molar-refractivity contribution >= 4 is 16.5 Å². The number of nitrogens with two attached hydrogens (primary N) is 1. The molecule has 0 saturated heterocycles. The summed E-state index contributed by atoms with van der Waals surface area (Å²) in [6.07, 6.45) is 3.21. The molecule has 0 aliphatic carbocycles. The second-order valence-corrected chi connectivity index (χ2v) is 4.28. The third-order valence-electron chi connectivity index (χ3n) is 2.88. The normalized spacial score (nSPS) is 10.7. The number of nitrogen functional groups attached to an aromatic ring is 1. The van der Waals surface area contributed by atoms with Gasteiger partial charge in [-0.15, -0.1) is 0 Å². The fraction of sp³-hybridized carbons (Fsp3) is 0. The van der Waals surface area contributed by atoms with Crippen LogP contribution < -0.4 is 10.5 Å². The first-order valence-corrected chi connectivity index (χ1v) is 5.89. The van der Waals surface area contributed by atoms with E-state index in [1.54, 1.807) is 30.6 Å². The lowest BCUT2D eigenvalue weighted by molar-refractivity contribution is 0.473. The van der Waals surface area contributed by atoms with Crippen molar-refractivity contribution in [3.8, 4) is 11.5 Å². The van der Waals surface area contributed by atoms with Crippen molar-refractivity contribution in [1.82, 2.24) is 4.98 Å². The van der Waals surface area contributed by atoms with Crippen LogP contribution in [0.25, 0.3) is 10.8 Å². The second-order valence-electron chi connectivity index (χ2n) is 4.28. The molecule has 5 heteroatoms. The van der Waals surface area contributed by atoms with Gasteiger partial charge >= 0.3 is 0 Å². The second kappa shape index (κ2) is 4.77. The predicted octanol–water partition coefficient (Wildman–Crippen LogP) is 3.89. The average Bonchev–Trinajstić information content (AvgIpc) is 2.41. The Balaban J connectivity index is 2.09. The summed E-state index contributed by atoms with van der Waals surface area (Å²) in [6, 6.07) is 8.07. The van der Waals surface area contributed by atoms with Crippen LogP contribution in [0.4, 0.5) is 14.5 Å². The zero-order valence-electron chi connectivity index (χ0n) is 10.3. The minimum absolute atomic E-state index is 0.0883. The van der Waals surface area contributed by atoms with Crippen LogP contribution in [-0.2, 0) is 0 Å². The molecule has 0 unspecified atom stereocenters. The standard InChI is InChI=1S/C15H10F2N2O/c16-9-5-10(17)7-11(6-9)20-15-2-1-14(18)13-8-19-4-3-12(13)15/h1-8H,18H2. The smallest absolute Gasteiger partial charge is 0.135 e. The summed E-state index contributed by atoms with van der Waals surface area (Å²) in [7, 11) is 0. The molecule has 3 aromatic rings. The van der Waals surface area contributed by atoms with Crippen molar-refractivity contribution < 1.29 is 13.5 Å². The van der Waals surface area contributed by atoms with E-state index >= 15 is 0 Å². The molecule has 100 valence electrons. The highest BCUT2D eigenvalue weighted by atomic mass is 19.1.